The lowest BCUT2D eigenvalue weighted by atomic mass is 10.3. The molecule has 0 aliphatic rings. The lowest BCUT2D eigenvalue weighted by Crippen LogP contribution is -2.12. The van der Waals surface area contributed by atoms with Crippen LogP contribution in [-0.4, -0.2) is 16.9 Å². The highest BCUT2D eigenvalue weighted by atomic mass is 35.5. The van der Waals surface area contributed by atoms with E-state index in [1.807, 2.05) is 0 Å². The van der Waals surface area contributed by atoms with Crippen molar-refractivity contribution in [1.29, 1.82) is 0 Å². The number of carboxylic acids is 1. The van der Waals surface area contributed by atoms with Gasteiger partial charge in [-0.25, -0.2) is 4.79 Å². The van der Waals surface area contributed by atoms with E-state index >= 15 is 0 Å². The smallest absolute Gasteiger partial charge is 0.377 e. The number of halogens is 1. The maximum absolute atomic E-state index is 11.2. The van der Waals surface area contributed by atoms with Gasteiger partial charge in [-0.2, -0.15) is 0 Å². The molecular formula is C8H5ClO3. The minimum Gasteiger partial charge on any atom is -0.475 e. The molecule has 0 fully saturated rings. The average Bonchev–Trinajstić information content (AvgIpc) is 2.23. The summed E-state index contributed by atoms with van der Waals surface area (Å²) < 4.78 is 29.1. The molecule has 3 nitrogen and oxygen atoms in total. The Morgan fingerprint density at radius 2 is 2.00 bits per heavy atom. The highest BCUT2D eigenvalue weighted by Crippen LogP contribution is 2.15. The molecule has 0 spiro atoms. The molecule has 0 saturated heterocycles. The standard InChI is InChI=1S/C8H5ClO3/c9-6-4-2-1-3-5(6)7(10)8(11)12/h1-4H,(H,11,12)/i1D,2D,3D,4D,7+1,8+1. The quantitative estimate of drug-likeness (QED) is 0.438. The molecule has 0 aliphatic carbocycles. The van der Waals surface area contributed by atoms with E-state index in [9.17, 15) is 9.59 Å². The Hall–Kier alpha value is -1.35. The molecule has 0 amide bonds. The van der Waals surface area contributed by atoms with Gasteiger partial charge in [0.25, 0.3) is 5.78 Å². The molecule has 0 radical (unpaired) electrons. The van der Waals surface area contributed by atoms with Gasteiger partial charge in [0.15, 0.2) is 0 Å². The molecule has 0 saturated carbocycles. The number of hydrogen-bond donors (Lipinski definition) is 1. The Balaban J connectivity index is 3.64. The van der Waals surface area contributed by atoms with E-state index in [1.165, 1.54) is 0 Å². The zero-order valence-corrected chi connectivity index (χ0v) is 6.40. The molecule has 0 bridgehead atoms. The van der Waals surface area contributed by atoms with Crippen LogP contribution in [0.15, 0.2) is 24.2 Å². The summed E-state index contributed by atoms with van der Waals surface area (Å²) in [7, 11) is 0. The Morgan fingerprint density at radius 1 is 1.42 bits per heavy atom. The Labute approximate surface area is 79.2 Å². The van der Waals surface area contributed by atoms with E-state index < -0.39 is 46.5 Å². The monoisotopic (exact) mass is 190 g/mol. The molecule has 12 heavy (non-hydrogen) atoms. The topological polar surface area (TPSA) is 54.4 Å². The van der Waals surface area contributed by atoms with Crippen molar-refractivity contribution in [3.63, 3.8) is 0 Å². The summed E-state index contributed by atoms with van der Waals surface area (Å²) in [4.78, 5) is 21.6. The fourth-order valence-corrected chi connectivity index (χ4v) is 0.741. The van der Waals surface area contributed by atoms with Crippen LogP contribution >= 0.6 is 11.6 Å². The third kappa shape index (κ3) is 1.62. The largest absolute Gasteiger partial charge is 0.475 e. The first-order valence-corrected chi connectivity index (χ1v) is 3.20. The predicted octanol–water partition coefficient (Wildman–Crippen LogP) is 1.61. The number of hydrogen-bond acceptors (Lipinski definition) is 2. The van der Waals surface area contributed by atoms with E-state index in [0.29, 0.717) is 0 Å². The normalized spacial score (nSPS) is 14.1. The summed E-state index contributed by atoms with van der Waals surface area (Å²) in [6.45, 7) is 0. The van der Waals surface area contributed by atoms with Crippen LogP contribution in [0.2, 0.25) is 5.02 Å². The van der Waals surface area contributed by atoms with Crippen molar-refractivity contribution >= 4 is 23.4 Å². The zero-order chi connectivity index (χ0) is 12.6. The van der Waals surface area contributed by atoms with Crippen LogP contribution in [0.25, 0.3) is 0 Å². The van der Waals surface area contributed by atoms with Crippen molar-refractivity contribution in [2.24, 2.45) is 0 Å². The summed E-state index contributed by atoms with van der Waals surface area (Å²) in [5.74, 6) is -3.29. The SMILES string of the molecule is [2H]c1c([2H])c([2H])c([13C](=O)[13C](=O)O)c(Cl)c1[2H]. The van der Waals surface area contributed by atoms with Gasteiger partial charge >= 0.3 is 5.97 Å². The summed E-state index contributed by atoms with van der Waals surface area (Å²) in [5.41, 5.74) is -0.722. The van der Waals surface area contributed by atoms with Crippen molar-refractivity contribution in [3.8, 4) is 0 Å². The minimum absolute atomic E-state index is 0.585. The van der Waals surface area contributed by atoms with Crippen LogP contribution in [0.4, 0.5) is 0 Å². The van der Waals surface area contributed by atoms with Crippen molar-refractivity contribution in [3.05, 3.63) is 34.8 Å². The first kappa shape index (κ1) is 4.62. The molecule has 0 unspecified atom stereocenters. The van der Waals surface area contributed by atoms with Gasteiger partial charge < -0.3 is 5.11 Å². The van der Waals surface area contributed by atoms with E-state index in [2.05, 4.69) is 0 Å². The van der Waals surface area contributed by atoms with Gasteiger partial charge in [-0.3, -0.25) is 4.79 Å². The molecular weight excluding hydrogens is 182 g/mol. The number of Topliss-reactive ketones (excluding diaryl/α,β-unsaturated/α-hetero) is 1. The molecule has 0 aliphatic heterocycles. The van der Waals surface area contributed by atoms with E-state index in [0.717, 1.165) is 0 Å². The maximum Gasteiger partial charge on any atom is 0.377 e. The van der Waals surface area contributed by atoms with Gasteiger partial charge in [0, 0.05) is 5.56 Å². The molecule has 1 aromatic carbocycles. The maximum atomic E-state index is 11.2. The van der Waals surface area contributed by atoms with Crippen LogP contribution < -0.4 is 0 Å². The number of aliphatic carboxylic acids is 1. The second-order valence-electron chi connectivity index (χ2n) is 1.82. The number of carboxylic acid groups (broad SMARTS) is 1. The third-order valence-electron chi connectivity index (χ3n) is 1.06. The third-order valence-corrected chi connectivity index (χ3v) is 1.35. The van der Waals surface area contributed by atoms with Crippen molar-refractivity contribution in [1.82, 2.24) is 0 Å². The highest BCUT2D eigenvalue weighted by Gasteiger charge is 2.16. The lowest BCUT2D eigenvalue weighted by Gasteiger charge is -1.96. The van der Waals surface area contributed by atoms with Gasteiger partial charge in [-0.05, 0) is 12.1 Å². The zero-order valence-electron chi connectivity index (χ0n) is 9.64. The average molecular weight is 191 g/mol. The van der Waals surface area contributed by atoms with E-state index in [-0.39, 0.29) is 0 Å². The molecule has 0 aromatic heterocycles. The number of carbonyl (C=O) groups excluding carboxylic acids is 1. The van der Waals surface area contributed by atoms with Gasteiger partial charge in [0.05, 0.1) is 10.5 Å². The predicted molar refractivity (Wildman–Crippen MR) is 43.4 cm³/mol. The van der Waals surface area contributed by atoms with Gasteiger partial charge in [-0.1, -0.05) is 23.7 Å². The molecule has 62 valence electrons. The Morgan fingerprint density at radius 3 is 2.58 bits per heavy atom. The van der Waals surface area contributed by atoms with Crippen LogP contribution in [0.1, 0.15) is 15.8 Å². The van der Waals surface area contributed by atoms with Crippen LogP contribution in [0.5, 0.6) is 0 Å². The molecule has 0 heterocycles. The van der Waals surface area contributed by atoms with Gasteiger partial charge in [0.2, 0.25) is 0 Å². The van der Waals surface area contributed by atoms with Crippen LogP contribution in [-0.2, 0) is 4.79 Å². The van der Waals surface area contributed by atoms with Crippen molar-refractivity contribution in [2.45, 2.75) is 0 Å². The minimum atomic E-state index is -1.83. The van der Waals surface area contributed by atoms with Crippen LogP contribution in [0.3, 0.4) is 0 Å². The summed E-state index contributed by atoms with van der Waals surface area (Å²) in [5, 5.41) is 7.89. The first-order chi connectivity index (χ1) is 7.29. The van der Waals surface area contributed by atoms with Crippen LogP contribution in [0, 0.1) is 0 Å². The number of ketones is 1. The highest BCUT2D eigenvalue weighted by molar-refractivity contribution is 6.44. The second kappa shape index (κ2) is 3.36. The van der Waals surface area contributed by atoms with Crippen molar-refractivity contribution in [2.75, 3.05) is 0 Å². The number of carbonyl (C=O) groups is 2. The molecule has 1 aromatic rings. The fraction of sp³-hybridized carbons (Fsp3) is 0. The molecule has 4 heteroatoms. The fourth-order valence-electron chi connectivity index (χ4n) is 0.561. The summed E-state index contributed by atoms with van der Waals surface area (Å²) in [6, 6.07) is -2.69. The number of benzene rings is 1. The van der Waals surface area contributed by atoms with Gasteiger partial charge in [-0.15, -0.1) is 0 Å². The second-order valence-corrected chi connectivity index (χ2v) is 2.20. The molecule has 1 N–H and O–H groups in total. The van der Waals surface area contributed by atoms with Crippen molar-refractivity contribution < 1.29 is 20.2 Å². The first-order valence-electron chi connectivity index (χ1n) is 4.82. The summed E-state index contributed by atoms with van der Waals surface area (Å²) in [6.07, 6.45) is 0. The Bertz CT molecular complexity index is 472. The lowest BCUT2D eigenvalue weighted by molar-refractivity contribution is -0.131. The Kier molecular flexibility index (Phi) is 1.30. The molecule has 1 rings (SSSR count). The summed E-state index contributed by atoms with van der Waals surface area (Å²) >= 11 is 5.52. The molecule has 0 atom stereocenters. The van der Waals surface area contributed by atoms with E-state index in [1.54, 1.807) is 0 Å². The van der Waals surface area contributed by atoms with Gasteiger partial charge in [0.1, 0.15) is 0 Å². The van der Waals surface area contributed by atoms with E-state index in [4.69, 9.17) is 22.2 Å². The number of rotatable bonds is 2.